The monoisotopic (exact) mass is 359 g/mol. The van der Waals surface area contributed by atoms with E-state index in [2.05, 4.69) is 10.6 Å². The predicted octanol–water partition coefficient (Wildman–Crippen LogP) is -0.678. The highest BCUT2D eigenvalue weighted by Gasteiger charge is 2.20. The van der Waals surface area contributed by atoms with E-state index in [1.54, 1.807) is 0 Å². The Balaban J connectivity index is 2.80. The van der Waals surface area contributed by atoms with E-state index in [1.807, 2.05) is 0 Å². The van der Waals surface area contributed by atoms with Crippen LogP contribution in [0.4, 0.5) is 5.69 Å². The third-order valence-electron chi connectivity index (χ3n) is 2.52. The Labute approximate surface area is 137 Å². The molecule has 1 rings (SSSR count). The smallest absolute Gasteiger partial charge is 0.230 e. The number of aliphatic carboxylic acids is 1. The van der Waals surface area contributed by atoms with Crippen LogP contribution in [0.2, 0.25) is 0 Å². The number of carboxylic acid groups (broad SMARTS) is 1. The van der Waals surface area contributed by atoms with Crippen molar-refractivity contribution >= 4 is 43.1 Å². The van der Waals surface area contributed by atoms with Crippen molar-refractivity contribution in [2.75, 3.05) is 11.1 Å². The van der Waals surface area contributed by atoms with Crippen molar-refractivity contribution < 1.29 is 27.9 Å². The van der Waals surface area contributed by atoms with Gasteiger partial charge >= 0.3 is 0 Å². The van der Waals surface area contributed by atoms with Gasteiger partial charge < -0.3 is 20.5 Å². The fourth-order valence-corrected chi connectivity index (χ4v) is 4.38. The van der Waals surface area contributed by atoms with Gasteiger partial charge in [0.05, 0.1) is 16.9 Å². The van der Waals surface area contributed by atoms with Crippen molar-refractivity contribution in [1.82, 2.24) is 5.32 Å². The van der Waals surface area contributed by atoms with Gasteiger partial charge in [0.1, 0.15) is 0 Å². The number of hydrogen-bond donors (Lipinski definition) is 2. The van der Waals surface area contributed by atoms with Crippen LogP contribution in [0, 0.1) is 0 Å². The zero-order valence-corrected chi connectivity index (χ0v) is 14.0. The minimum Gasteiger partial charge on any atom is -0.548 e. The molecule has 0 heterocycles. The van der Waals surface area contributed by atoms with Crippen molar-refractivity contribution in [1.29, 1.82) is 0 Å². The summed E-state index contributed by atoms with van der Waals surface area (Å²) in [5.41, 5.74) is 0.437. The number of carboxylic acids is 1. The third kappa shape index (κ3) is 6.28. The van der Waals surface area contributed by atoms with E-state index in [-0.39, 0.29) is 10.8 Å². The first-order chi connectivity index (χ1) is 10.6. The van der Waals surface area contributed by atoms with Gasteiger partial charge in [-0.25, -0.2) is 8.42 Å². The first kappa shape index (κ1) is 19.0. The predicted molar refractivity (Wildman–Crippen MR) is 83.0 cm³/mol. The summed E-state index contributed by atoms with van der Waals surface area (Å²) in [5.74, 6) is -2.85. The molecule has 0 aliphatic carbocycles. The normalized spacial score (nSPS) is 12.3. The minimum atomic E-state index is -3.81. The van der Waals surface area contributed by atoms with Gasteiger partial charge in [-0.2, -0.15) is 0 Å². The number of benzene rings is 1. The van der Waals surface area contributed by atoms with E-state index in [0.29, 0.717) is 16.5 Å². The average molecular weight is 359 g/mol. The highest BCUT2D eigenvalue weighted by Crippen LogP contribution is 2.25. The second kappa shape index (κ2) is 7.97. The van der Waals surface area contributed by atoms with E-state index in [9.17, 15) is 27.9 Å². The molecule has 0 aromatic heterocycles. The summed E-state index contributed by atoms with van der Waals surface area (Å²) in [4.78, 5) is 32.6. The lowest BCUT2D eigenvalue weighted by Gasteiger charge is -2.18. The fraction of sp³-hybridized carbons (Fsp3) is 0.308. The summed E-state index contributed by atoms with van der Waals surface area (Å²) in [7, 11) is -3.43. The van der Waals surface area contributed by atoms with Crippen molar-refractivity contribution in [3.8, 4) is 0 Å². The maximum Gasteiger partial charge on any atom is 0.230 e. The summed E-state index contributed by atoms with van der Waals surface area (Å²) < 4.78 is 24.3. The van der Waals surface area contributed by atoms with Gasteiger partial charge in [-0.3, -0.25) is 9.59 Å². The summed E-state index contributed by atoms with van der Waals surface area (Å²) in [6.45, 7) is 2.44. The van der Waals surface area contributed by atoms with Crippen LogP contribution in [0.25, 0.3) is 0 Å². The molecule has 1 atom stereocenters. The number of rotatable bonds is 7. The van der Waals surface area contributed by atoms with Crippen LogP contribution in [-0.2, 0) is 23.3 Å². The highest BCUT2D eigenvalue weighted by atomic mass is 33.1. The van der Waals surface area contributed by atoms with Crippen LogP contribution < -0.4 is 15.7 Å². The fourth-order valence-electron chi connectivity index (χ4n) is 1.55. The number of amides is 2. The van der Waals surface area contributed by atoms with Gasteiger partial charge in [0.2, 0.25) is 20.7 Å². The Kier molecular flexibility index (Phi) is 6.58. The molecule has 126 valence electrons. The lowest BCUT2D eigenvalue weighted by atomic mass is 10.3. The van der Waals surface area contributed by atoms with Crippen LogP contribution in [0.5, 0.6) is 0 Å². The van der Waals surface area contributed by atoms with E-state index >= 15 is 0 Å². The number of nitrogens with one attached hydrogen (secondary N) is 2. The molecule has 0 saturated carbocycles. The zero-order valence-electron chi connectivity index (χ0n) is 12.4. The number of carbonyl (C=O) groups is 3. The maximum atomic E-state index is 12.1. The van der Waals surface area contributed by atoms with Gasteiger partial charge in [0.25, 0.3) is 0 Å². The van der Waals surface area contributed by atoms with Gasteiger partial charge in [-0.05, 0) is 35.1 Å². The van der Waals surface area contributed by atoms with Crippen molar-refractivity contribution in [2.45, 2.75) is 24.8 Å². The molecule has 2 amide bonds. The lowest BCUT2D eigenvalue weighted by Crippen LogP contribution is -2.48. The SMILES string of the molecule is CC(=O)Nc1ccc(S(=O)(=O)SC[C@H](NC(C)=O)C(=O)[O-])cc1. The molecule has 2 N–H and O–H groups in total. The Morgan fingerprint density at radius 2 is 1.70 bits per heavy atom. The molecular formula is C13H15N2O6S2-. The van der Waals surface area contributed by atoms with Gasteiger partial charge in [-0.1, -0.05) is 0 Å². The van der Waals surface area contributed by atoms with Gasteiger partial charge in [-0.15, -0.1) is 0 Å². The molecule has 0 unspecified atom stereocenters. The maximum absolute atomic E-state index is 12.1. The molecule has 0 aliphatic heterocycles. The molecule has 10 heteroatoms. The topological polar surface area (TPSA) is 132 Å². The zero-order chi connectivity index (χ0) is 17.6. The molecule has 1 aromatic rings. The van der Waals surface area contributed by atoms with Crippen molar-refractivity contribution in [2.24, 2.45) is 0 Å². The molecule has 0 fully saturated rings. The van der Waals surface area contributed by atoms with Crippen LogP contribution in [0.15, 0.2) is 29.2 Å². The molecule has 0 spiro atoms. The third-order valence-corrected chi connectivity index (χ3v) is 6.06. The molecule has 0 saturated heterocycles. The Morgan fingerprint density at radius 1 is 1.13 bits per heavy atom. The molecule has 0 aliphatic rings. The molecule has 0 bridgehead atoms. The Morgan fingerprint density at radius 3 is 2.13 bits per heavy atom. The second-order valence-corrected chi connectivity index (χ2v) is 8.49. The molecule has 0 radical (unpaired) electrons. The van der Waals surface area contributed by atoms with Crippen LogP contribution in [0.3, 0.4) is 0 Å². The first-order valence-electron chi connectivity index (χ1n) is 6.37. The summed E-state index contributed by atoms with van der Waals surface area (Å²) in [6, 6.07) is 4.00. The first-order valence-corrected chi connectivity index (χ1v) is 9.35. The number of anilines is 1. The largest absolute Gasteiger partial charge is 0.548 e. The summed E-state index contributed by atoms with van der Waals surface area (Å²) in [5, 5.41) is 15.5. The molecule has 1 aromatic carbocycles. The summed E-state index contributed by atoms with van der Waals surface area (Å²) in [6.07, 6.45) is 0. The quantitative estimate of drug-likeness (QED) is 0.616. The van der Waals surface area contributed by atoms with Gasteiger partial charge in [0, 0.05) is 25.3 Å². The van der Waals surface area contributed by atoms with E-state index < -0.39 is 32.5 Å². The lowest BCUT2D eigenvalue weighted by molar-refractivity contribution is -0.307. The van der Waals surface area contributed by atoms with Gasteiger partial charge in [0.15, 0.2) is 0 Å². The minimum absolute atomic E-state index is 0.0449. The average Bonchev–Trinajstić information content (AvgIpc) is 2.42. The Hall–Kier alpha value is -2.07. The number of carbonyl (C=O) groups excluding carboxylic acids is 3. The van der Waals surface area contributed by atoms with Crippen LogP contribution in [0.1, 0.15) is 13.8 Å². The Bertz CT molecular complexity index is 700. The van der Waals surface area contributed by atoms with Crippen molar-refractivity contribution in [3.63, 3.8) is 0 Å². The highest BCUT2D eigenvalue weighted by molar-refractivity contribution is 8.72. The van der Waals surface area contributed by atoms with Crippen LogP contribution in [-0.4, -0.2) is 38.0 Å². The second-order valence-electron chi connectivity index (χ2n) is 4.52. The van der Waals surface area contributed by atoms with E-state index in [1.165, 1.54) is 31.2 Å². The molecule has 23 heavy (non-hydrogen) atoms. The van der Waals surface area contributed by atoms with E-state index in [0.717, 1.165) is 6.92 Å². The molecule has 8 nitrogen and oxygen atoms in total. The van der Waals surface area contributed by atoms with E-state index in [4.69, 9.17) is 0 Å². The summed E-state index contributed by atoms with van der Waals surface area (Å²) >= 11 is 0. The van der Waals surface area contributed by atoms with Crippen LogP contribution >= 0.6 is 10.8 Å². The standard InChI is InChI=1S/C13H16N2O6S2/c1-8(16)14-10-3-5-11(6-4-10)23(20,21)22-7-12(13(18)19)15-9(2)17/h3-6,12H,7H2,1-2H3,(H,14,16)(H,15,17)(H,18,19)/p-1/t12-/m0/s1. The van der Waals surface area contributed by atoms with Crippen molar-refractivity contribution in [3.05, 3.63) is 24.3 Å². The number of hydrogen-bond acceptors (Lipinski definition) is 7. The molecular weight excluding hydrogens is 344 g/mol.